The Morgan fingerprint density at radius 2 is 1.65 bits per heavy atom. The van der Waals surface area contributed by atoms with Crippen LogP contribution in [0.3, 0.4) is 0 Å². The highest BCUT2D eigenvalue weighted by Gasteiger charge is 2.30. The normalized spacial score (nSPS) is 12.4. The Labute approximate surface area is 203 Å². The maximum absolute atomic E-state index is 13.8. The lowest BCUT2D eigenvalue weighted by Gasteiger charge is -2.31. The van der Waals surface area contributed by atoms with Gasteiger partial charge in [0.1, 0.15) is 12.6 Å². The SMILES string of the molecule is CC(C)CNC(=O)[C@H](C)N(Cc1ccc(Cl)cc1)C(=O)CN(c1ccc(F)c(F)c1)S(C)(=O)=O. The van der Waals surface area contributed by atoms with Crippen LogP contribution in [0, 0.1) is 17.6 Å². The van der Waals surface area contributed by atoms with Crippen molar-refractivity contribution in [1.82, 2.24) is 10.2 Å². The number of rotatable bonds is 10. The molecule has 0 aliphatic rings. The molecule has 0 aromatic heterocycles. The van der Waals surface area contributed by atoms with Crippen molar-refractivity contribution in [1.29, 1.82) is 0 Å². The number of carbonyl (C=O) groups is 2. The lowest BCUT2D eigenvalue weighted by Crippen LogP contribution is -2.51. The molecule has 1 atom stereocenters. The lowest BCUT2D eigenvalue weighted by atomic mass is 10.1. The van der Waals surface area contributed by atoms with Gasteiger partial charge < -0.3 is 10.2 Å². The van der Waals surface area contributed by atoms with Crippen LogP contribution in [0.25, 0.3) is 0 Å². The number of nitrogens with zero attached hydrogens (tertiary/aromatic N) is 2. The standard InChI is InChI=1S/C23H28ClF2N3O4S/c1-15(2)12-27-23(31)16(3)28(13-17-5-7-18(24)8-6-17)22(30)14-29(34(4,32)33)19-9-10-20(25)21(26)11-19/h5-11,15-16H,12-14H2,1-4H3,(H,27,31)/t16-/m0/s1. The molecule has 0 bridgehead atoms. The first kappa shape index (κ1) is 27.5. The smallest absolute Gasteiger partial charge is 0.244 e. The van der Waals surface area contributed by atoms with E-state index in [0.29, 0.717) is 27.5 Å². The molecular weight excluding hydrogens is 488 g/mol. The van der Waals surface area contributed by atoms with Crippen molar-refractivity contribution < 1.29 is 26.8 Å². The van der Waals surface area contributed by atoms with Crippen molar-refractivity contribution in [3.05, 3.63) is 64.7 Å². The summed E-state index contributed by atoms with van der Waals surface area (Å²) in [5, 5.41) is 3.26. The highest BCUT2D eigenvalue weighted by Crippen LogP contribution is 2.22. The van der Waals surface area contributed by atoms with Gasteiger partial charge in [0.2, 0.25) is 21.8 Å². The van der Waals surface area contributed by atoms with Crippen LogP contribution in [-0.4, -0.2) is 50.5 Å². The van der Waals surface area contributed by atoms with Crippen LogP contribution >= 0.6 is 11.6 Å². The van der Waals surface area contributed by atoms with E-state index in [9.17, 15) is 26.8 Å². The topological polar surface area (TPSA) is 86.8 Å². The number of anilines is 1. The second-order valence-corrected chi connectivity index (χ2v) is 10.7. The molecule has 2 rings (SSSR count). The van der Waals surface area contributed by atoms with Gasteiger partial charge in [0.25, 0.3) is 0 Å². The quantitative estimate of drug-likeness (QED) is 0.524. The van der Waals surface area contributed by atoms with Gasteiger partial charge in [-0.2, -0.15) is 0 Å². The van der Waals surface area contributed by atoms with Crippen molar-refractivity contribution >= 4 is 39.1 Å². The van der Waals surface area contributed by atoms with Crippen LogP contribution < -0.4 is 9.62 Å². The largest absolute Gasteiger partial charge is 0.354 e. The van der Waals surface area contributed by atoms with Crippen LogP contribution in [0.4, 0.5) is 14.5 Å². The Morgan fingerprint density at radius 1 is 1.03 bits per heavy atom. The number of sulfonamides is 1. The minimum atomic E-state index is -4.04. The molecule has 0 heterocycles. The number of hydrogen-bond acceptors (Lipinski definition) is 4. The van der Waals surface area contributed by atoms with E-state index in [1.54, 1.807) is 24.3 Å². The van der Waals surface area contributed by atoms with E-state index in [-0.39, 0.29) is 18.2 Å². The van der Waals surface area contributed by atoms with Gasteiger partial charge in [-0.3, -0.25) is 13.9 Å². The molecule has 0 radical (unpaired) electrons. The van der Waals surface area contributed by atoms with E-state index in [0.717, 1.165) is 18.4 Å². The average molecular weight is 516 g/mol. The molecule has 2 aromatic rings. The molecule has 7 nitrogen and oxygen atoms in total. The molecule has 2 aromatic carbocycles. The van der Waals surface area contributed by atoms with Gasteiger partial charge in [-0.05, 0) is 42.7 Å². The summed E-state index contributed by atoms with van der Waals surface area (Å²) in [4.78, 5) is 27.3. The molecule has 11 heteroatoms. The van der Waals surface area contributed by atoms with E-state index >= 15 is 0 Å². The Bertz CT molecular complexity index is 1130. The maximum atomic E-state index is 13.8. The van der Waals surface area contributed by atoms with Gasteiger partial charge in [0.15, 0.2) is 11.6 Å². The van der Waals surface area contributed by atoms with Crippen LogP contribution in [0.2, 0.25) is 5.02 Å². The molecule has 0 spiro atoms. The van der Waals surface area contributed by atoms with Crippen molar-refractivity contribution in [2.45, 2.75) is 33.4 Å². The summed E-state index contributed by atoms with van der Waals surface area (Å²) < 4.78 is 52.6. The Hall–Kier alpha value is -2.72. The zero-order valence-corrected chi connectivity index (χ0v) is 21.0. The molecule has 1 N–H and O–H groups in total. The molecular formula is C23H28ClF2N3O4S. The van der Waals surface area contributed by atoms with Crippen LogP contribution in [-0.2, 0) is 26.2 Å². The molecule has 0 saturated heterocycles. The number of hydrogen-bond donors (Lipinski definition) is 1. The van der Waals surface area contributed by atoms with Crippen LogP contribution in [0.15, 0.2) is 42.5 Å². The van der Waals surface area contributed by atoms with Crippen molar-refractivity contribution in [2.24, 2.45) is 5.92 Å². The van der Waals surface area contributed by atoms with Crippen LogP contribution in [0.1, 0.15) is 26.3 Å². The van der Waals surface area contributed by atoms with Crippen molar-refractivity contribution in [3.8, 4) is 0 Å². The average Bonchev–Trinajstić information content (AvgIpc) is 2.76. The summed E-state index contributed by atoms with van der Waals surface area (Å²) in [7, 11) is -4.04. The fraction of sp³-hybridized carbons (Fsp3) is 0.391. The number of halogens is 3. The van der Waals surface area contributed by atoms with Crippen molar-refractivity contribution in [3.63, 3.8) is 0 Å². The lowest BCUT2D eigenvalue weighted by molar-refractivity contribution is -0.139. The molecule has 186 valence electrons. The third-order valence-electron chi connectivity index (χ3n) is 4.99. The number of amides is 2. The minimum absolute atomic E-state index is 0.00164. The monoisotopic (exact) mass is 515 g/mol. The second-order valence-electron chi connectivity index (χ2n) is 8.33. The molecule has 0 unspecified atom stereocenters. The second kappa shape index (κ2) is 11.6. The maximum Gasteiger partial charge on any atom is 0.244 e. The first-order chi connectivity index (χ1) is 15.8. The highest BCUT2D eigenvalue weighted by atomic mass is 35.5. The van der Waals surface area contributed by atoms with Crippen LogP contribution in [0.5, 0.6) is 0 Å². The number of nitrogens with one attached hydrogen (secondary N) is 1. The summed E-state index contributed by atoms with van der Waals surface area (Å²) in [6, 6.07) is 8.24. The summed E-state index contributed by atoms with van der Waals surface area (Å²) in [5.74, 6) is -3.32. The number of benzene rings is 2. The molecule has 34 heavy (non-hydrogen) atoms. The van der Waals surface area contributed by atoms with E-state index in [1.807, 2.05) is 13.8 Å². The van der Waals surface area contributed by atoms with Gasteiger partial charge in [-0.1, -0.05) is 37.6 Å². The minimum Gasteiger partial charge on any atom is -0.354 e. The first-order valence-electron chi connectivity index (χ1n) is 10.5. The van der Waals surface area contributed by atoms with Crippen molar-refractivity contribution in [2.75, 3.05) is 23.7 Å². The van der Waals surface area contributed by atoms with Gasteiger partial charge >= 0.3 is 0 Å². The molecule has 2 amide bonds. The first-order valence-corrected chi connectivity index (χ1v) is 12.8. The Morgan fingerprint density at radius 3 is 2.18 bits per heavy atom. The van der Waals surface area contributed by atoms with E-state index < -0.39 is 46.1 Å². The Balaban J connectivity index is 2.37. The highest BCUT2D eigenvalue weighted by molar-refractivity contribution is 7.92. The van der Waals surface area contributed by atoms with Gasteiger partial charge in [-0.25, -0.2) is 17.2 Å². The fourth-order valence-corrected chi connectivity index (χ4v) is 4.04. The summed E-state index contributed by atoms with van der Waals surface area (Å²) in [5.41, 5.74) is 0.457. The predicted molar refractivity (Wildman–Crippen MR) is 128 cm³/mol. The molecule has 0 fully saturated rings. The summed E-state index contributed by atoms with van der Waals surface area (Å²) in [6.45, 7) is 5.07. The summed E-state index contributed by atoms with van der Waals surface area (Å²) >= 11 is 5.93. The molecule has 0 saturated carbocycles. The molecule has 0 aliphatic carbocycles. The third kappa shape index (κ3) is 7.66. The Kier molecular flexibility index (Phi) is 9.40. The van der Waals surface area contributed by atoms with Gasteiger partial charge in [0.05, 0.1) is 11.9 Å². The zero-order chi connectivity index (χ0) is 25.6. The van der Waals surface area contributed by atoms with Gasteiger partial charge in [-0.15, -0.1) is 0 Å². The van der Waals surface area contributed by atoms with E-state index in [1.165, 1.54) is 11.8 Å². The van der Waals surface area contributed by atoms with E-state index in [4.69, 9.17) is 11.6 Å². The fourth-order valence-electron chi connectivity index (χ4n) is 3.08. The van der Waals surface area contributed by atoms with E-state index in [2.05, 4.69) is 5.32 Å². The predicted octanol–water partition coefficient (Wildman–Crippen LogP) is 3.57. The van der Waals surface area contributed by atoms with Gasteiger partial charge in [0, 0.05) is 24.2 Å². The summed E-state index contributed by atoms with van der Waals surface area (Å²) in [6.07, 6.45) is 0.851. The third-order valence-corrected chi connectivity index (χ3v) is 6.38. The zero-order valence-electron chi connectivity index (χ0n) is 19.4. The number of carbonyl (C=O) groups excluding carboxylic acids is 2. The molecule has 0 aliphatic heterocycles.